The van der Waals surface area contributed by atoms with Crippen LogP contribution in [0.15, 0.2) is 48.5 Å². The zero-order valence-corrected chi connectivity index (χ0v) is 18.5. The fourth-order valence-electron chi connectivity index (χ4n) is 5.46. The summed E-state index contributed by atoms with van der Waals surface area (Å²) in [5.41, 5.74) is 2.10. The SMILES string of the molecule is CC[C@@H](C)N1C(=O)c2ccccc2[C@@H](C(=O)Nc2cccc(C(C)=O)c2)C12CCCC2. The number of carbonyl (C=O) groups is 3. The van der Waals surface area contributed by atoms with Crippen LogP contribution in [-0.4, -0.2) is 34.1 Å². The van der Waals surface area contributed by atoms with Crippen molar-refractivity contribution in [2.45, 2.75) is 70.4 Å². The molecule has 2 atom stereocenters. The molecule has 31 heavy (non-hydrogen) atoms. The van der Waals surface area contributed by atoms with Crippen molar-refractivity contribution in [2.24, 2.45) is 0 Å². The Labute approximate surface area is 183 Å². The van der Waals surface area contributed by atoms with Gasteiger partial charge in [-0.2, -0.15) is 0 Å². The summed E-state index contributed by atoms with van der Waals surface area (Å²) in [6.45, 7) is 5.68. The number of carbonyl (C=O) groups excluding carboxylic acids is 3. The minimum absolute atomic E-state index is 0.0366. The molecule has 1 heterocycles. The van der Waals surface area contributed by atoms with Gasteiger partial charge < -0.3 is 10.2 Å². The van der Waals surface area contributed by atoms with Gasteiger partial charge in [0.15, 0.2) is 5.78 Å². The second-order valence-electron chi connectivity index (χ2n) is 8.89. The van der Waals surface area contributed by atoms with Crippen LogP contribution in [-0.2, 0) is 4.79 Å². The molecule has 2 aliphatic rings. The largest absolute Gasteiger partial charge is 0.329 e. The van der Waals surface area contributed by atoms with Gasteiger partial charge in [-0.1, -0.05) is 50.1 Å². The number of benzene rings is 2. The Morgan fingerprint density at radius 2 is 1.84 bits per heavy atom. The van der Waals surface area contributed by atoms with Crippen molar-refractivity contribution in [3.63, 3.8) is 0 Å². The average molecular weight is 419 g/mol. The fraction of sp³-hybridized carbons (Fsp3) is 0.423. The molecule has 0 radical (unpaired) electrons. The highest BCUT2D eigenvalue weighted by Crippen LogP contribution is 2.51. The number of hydrogen-bond donors (Lipinski definition) is 1. The topological polar surface area (TPSA) is 66.5 Å². The molecular formula is C26H30N2O3. The molecule has 5 nitrogen and oxygen atoms in total. The third kappa shape index (κ3) is 3.56. The van der Waals surface area contributed by atoms with Crippen molar-refractivity contribution in [1.82, 2.24) is 4.90 Å². The molecule has 4 rings (SSSR count). The van der Waals surface area contributed by atoms with Crippen molar-refractivity contribution < 1.29 is 14.4 Å². The van der Waals surface area contributed by atoms with Crippen LogP contribution in [0.1, 0.15) is 85.1 Å². The number of nitrogens with one attached hydrogen (secondary N) is 1. The van der Waals surface area contributed by atoms with Gasteiger partial charge in [0, 0.05) is 22.9 Å². The molecule has 2 amide bonds. The first kappa shape index (κ1) is 21.3. The summed E-state index contributed by atoms with van der Waals surface area (Å²) in [6.07, 6.45) is 4.49. The second kappa shape index (κ2) is 8.29. The Balaban J connectivity index is 1.80. The maximum absolute atomic E-state index is 13.8. The van der Waals surface area contributed by atoms with Crippen LogP contribution in [0.4, 0.5) is 5.69 Å². The molecule has 0 bridgehead atoms. The van der Waals surface area contributed by atoms with Gasteiger partial charge in [-0.25, -0.2) is 0 Å². The quantitative estimate of drug-likeness (QED) is 0.681. The van der Waals surface area contributed by atoms with E-state index in [2.05, 4.69) is 19.2 Å². The summed E-state index contributed by atoms with van der Waals surface area (Å²) in [6, 6.07) is 14.6. The van der Waals surface area contributed by atoms with Gasteiger partial charge in [-0.3, -0.25) is 14.4 Å². The smallest absolute Gasteiger partial charge is 0.254 e. The molecule has 5 heteroatoms. The lowest BCUT2D eigenvalue weighted by molar-refractivity contribution is -0.121. The van der Waals surface area contributed by atoms with Crippen LogP contribution >= 0.6 is 0 Å². The maximum atomic E-state index is 13.8. The summed E-state index contributed by atoms with van der Waals surface area (Å²) < 4.78 is 0. The number of rotatable bonds is 5. The van der Waals surface area contributed by atoms with Gasteiger partial charge in [-0.15, -0.1) is 0 Å². The minimum Gasteiger partial charge on any atom is -0.329 e. The Morgan fingerprint density at radius 3 is 2.52 bits per heavy atom. The zero-order valence-electron chi connectivity index (χ0n) is 18.5. The Kier molecular flexibility index (Phi) is 5.69. The van der Waals surface area contributed by atoms with E-state index in [9.17, 15) is 14.4 Å². The normalized spacial score (nSPS) is 20.4. The van der Waals surface area contributed by atoms with E-state index < -0.39 is 11.5 Å². The molecule has 2 aromatic rings. The third-order valence-corrected chi connectivity index (χ3v) is 7.04. The summed E-state index contributed by atoms with van der Waals surface area (Å²) in [7, 11) is 0. The molecule has 1 fully saturated rings. The van der Waals surface area contributed by atoms with E-state index in [0.29, 0.717) is 16.8 Å². The molecule has 0 saturated heterocycles. The number of anilines is 1. The Bertz CT molecular complexity index is 1020. The molecule has 162 valence electrons. The first-order valence-electron chi connectivity index (χ1n) is 11.2. The predicted octanol–water partition coefficient (Wildman–Crippen LogP) is 5.18. The molecule has 2 aromatic carbocycles. The minimum atomic E-state index is -0.511. The molecule has 1 spiro atoms. The molecule has 0 unspecified atom stereocenters. The first-order valence-corrected chi connectivity index (χ1v) is 11.2. The monoisotopic (exact) mass is 418 g/mol. The molecule has 0 aromatic heterocycles. The van der Waals surface area contributed by atoms with E-state index in [1.165, 1.54) is 6.92 Å². The maximum Gasteiger partial charge on any atom is 0.254 e. The van der Waals surface area contributed by atoms with E-state index in [4.69, 9.17) is 0 Å². The van der Waals surface area contributed by atoms with E-state index in [0.717, 1.165) is 37.7 Å². The molecule has 1 N–H and O–H groups in total. The van der Waals surface area contributed by atoms with Gasteiger partial charge >= 0.3 is 0 Å². The van der Waals surface area contributed by atoms with Gasteiger partial charge in [0.1, 0.15) is 0 Å². The van der Waals surface area contributed by atoms with Gasteiger partial charge in [-0.05, 0) is 56.9 Å². The first-order chi connectivity index (χ1) is 14.9. The summed E-state index contributed by atoms with van der Waals surface area (Å²) >= 11 is 0. The van der Waals surface area contributed by atoms with Gasteiger partial charge in [0.25, 0.3) is 5.91 Å². The highest BCUT2D eigenvalue weighted by molar-refractivity contribution is 6.05. The molecule has 1 aliphatic carbocycles. The predicted molar refractivity (Wildman–Crippen MR) is 121 cm³/mol. The fourth-order valence-corrected chi connectivity index (χ4v) is 5.46. The van der Waals surface area contributed by atoms with Crippen LogP contribution in [0.3, 0.4) is 0 Å². The molecule has 1 aliphatic heterocycles. The number of fused-ring (bicyclic) bond motifs is 1. The van der Waals surface area contributed by atoms with E-state index in [1.807, 2.05) is 29.2 Å². The lowest BCUT2D eigenvalue weighted by Crippen LogP contribution is -2.62. The van der Waals surface area contributed by atoms with Gasteiger partial charge in [0.05, 0.1) is 11.5 Å². The number of hydrogen-bond acceptors (Lipinski definition) is 3. The van der Waals surface area contributed by atoms with Crippen molar-refractivity contribution in [3.8, 4) is 0 Å². The highest BCUT2D eigenvalue weighted by atomic mass is 16.2. The van der Waals surface area contributed by atoms with Crippen molar-refractivity contribution in [3.05, 3.63) is 65.2 Å². The van der Waals surface area contributed by atoms with E-state index in [-0.39, 0.29) is 23.6 Å². The number of Topliss-reactive ketones (excluding diaryl/α,β-unsaturated/α-hetero) is 1. The Hall–Kier alpha value is -2.95. The van der Waals surface area contributed by atoms with Crippen molar-refractivity contribution in [2.75, 3.05) is 5.32 Å². The summed E-state index contributed by atoms with van der Waals surface area (Å²) in [5, 5.41) is 3.06. The van der Waals surface area contributed by atoms with E-state index >= 15 is 0 Å². The van der Waals surface area contributed by atoms with Crippen molar-refractivity contribution in [1.29, 1.82) is 0 Å². The van der Waals surface area contributed by atoms with Crippen LogP contribution < -0.4 is 5.32 Å². The van der Waals surface area contributed by atoms with E-state index in [1.54, 1.807) is 24.3 Å². The second-order valence-corrected chi connectivity index (χ2v) is 8.89. The average Bonchev–Trinajstić information content (AvgIpc) is 3.23. The lowest BCUT2D eigenvalue weighted by atomic mass is 9.70. The third-order valence-electron chi connectivity index (χ3n) is 7.04. The van der Waals surface area contributed by atoms with Crippen molar-refractivity contribution >= 4 is 23.3 Å². The van der Waals surface area contributed by atoms with Gasteiger partial charge in [0.2, 0.25) is 5.91 Å². The zero-order chi connectivity index (χ0) is 22.2. The van der Waals surface area contributed by atoms with Crippen LogP contribution in [0.5, 0.6) is 0 Å². The summed E-state index contributed by atoms with van der Waals surface area (Å²) in [5.74, 6) is -0.566. The highest BCUT2D eigenvalue weighted by Gasteiger charge is 2.56. The van der Waals surface area contributed by atoms with Crippen LogP contribution in [0.2, 0.25) is 0 Å². The number of amides is 2. The Morgan fingerprint density at radius 1 is 1.13 bits per heavy atom. The molecule has 1 saturated carbocycles. The standard InChI is InChI=1S/C26H30N2O3/c1-4-17(2)28-25(31)22-13-6-5-12-21(22)23(26(28)14-7-8-15-26)24(30)27-20-11-9-10-19(16-20)18(3)29/h5-6,9-13,16-17,23H,4,7-8,14-15H2,1-3H3,(H,27,30)/t17-,23+/m1/s1. The molecular weight excluding hydrogens is 388 g/mol. The summed E-state index contributed by atoms with van der Waals surface area (Å²) in [4.78, 5) is 41.2. The lowest BCUT2D eigenvalue weighted by Gasteiger charge is -2.52. The number of ketones is 1. The van der Waals surface area contributed by atoms with Crippen LogP contribution in [0.25, 0.3) is 0 Å². The number of nitrogens with zero attached hydrogens (tertiary/aromatic N) is 1. The van der Waals surface area contributed by atoms with Crippen LogP contribution in [0, 0.1) is 0 Å².